The van der Waals surface area contributed by atoms with Crippen LogP contribution in [-0.4, -0.2) is 66.5 Å². The molecule has 6 nitrogen and oxygen atoms in total. The smallest absolute Gasteiger partial charge is 0.139 e. The van der Waals surface area contributed by atoms with Crippen molar-refractivity contribution in [1.82, 2.24) is 9.88 Å². The summed E-state index contributed by atoms with van der Waals surface area (Å²) < 4.78 is 10.8. The normalized spacial score (nSPS) is 27.4. The molecule has 4 heterocycles. The largest absolute Gasteiger partial charge is 0.464 e. The topological polar surface area (TPSA) is 62.0 Å². The molecule has 0 radical (unpaired) electrons. The SMILES string of the molecule is O[C@@H]1CN(c2nccc3occc23)CC[C@H]1N1CCOCC1. The Morgan fingerprint density at radius 2 is 2.05 bits per heavy atom. The van der Waals surface area contributed by atoms with Gasteiger partial charge >= 0.3 is 0 Å². The van der Waals surface area contributed by atoms with Gasteiger partial charge in [-0.25, -0.2) is 4.98 Å². The zero-order valence-corrected chi connectivity index (χ0v) is 12.5. The van der Waals surface area contributed by atoms with E-state index < -0.39 is 0 Å². The number of nitrogens with zero attached hydrogens (tertiary/aromatic N) is 3. The number of aliphatic hydroxyl groups excluding tert-OH is 1. The summed E-state index contributed by atoms with van der Waals surface area (Å²) in [6, 6.07) is 4.04. The van der Waals surface area contributed by atoms with Gasteiger partial charge in [-0.3, -0.25) is 4.90 Å². The van der Waals surface area contributed by atoms with Gasteiger partial charge in [-0.15, -0.1) is 0 Å². The molecule has 0 aromatic carbocycles. The minimum absolute atomic E-state index is 0.226. The van der Waals surface area contributed by atoms with Gasteiger partial charge in [-0.2, -0.15) is 0 Å². The maximum Gasteiger partial charge on any atom is 0.139 e. The highest BCUT2D eigenvalue weighted by atomic mass is 16.5. The number of fused-ring (bicyclic) bond motifs is 1. The van der Waals surface area contributed by atoms with Crippen molar-refractivity contribution in [3.63, 3.8) is 0 Å². The average Bonchev–Trinajstić information content (AvgIpc) is 3.04. The van der Waals surface area contributed by atoms with Gasteiger partial charge in [0.1, 0.15) is 11.4 Å². The molecule has 22 heavy (non-hydrogen) atoms. The third-order valence-electron chi connectivity index (χ3n) is 4.72. The van der Waals surface area contributed by atoms with Gasteiger partial charge in [0.15, 0.2) is 0 Å². The lowest BCUT2D eigenvalue weighted by Gasteiger charge is -2.43. The first-order valence-corrected chi connectivity index (χ1v) is 7.90. The highest BCUT2D eigenvalue weighted by Crippen LogP contribution is 2.28. The molecule has 4 rings (SSSR count). The lowest BCUT2D eigenvalue weighted by molar-refractivity contribution is -0.0274. The molecule has 0 bridgehead atoms. The Morgan fingerprint density at radius 3 is 2.86 bits per heavy atom. The molecule has 6 heteroatoms. The lowest BCUT2D eigenvalue weighted by atomic mass is 9.99. The summed E-state index contributed by atoms with van der Waals surface area (Å²) in [5.74, 6) is 0.908. The van der Waals surface area contributed by atoms with Crippen molar-refractivity contribution in [3.8, 4) is 0 Å². The number of aromatic nitrogens is 1. The van der Waals surface area contributed by atoms with Gasteiger partial charge in [0.25, 0.3) is 0 Å². The van der Waals surface area contributed by atoms with Gasteiger partial charge in [0.2, 0.25) is 0 Å². The zero-order chi connectivity index (χ0) is 14.9. The van der Waals surface area contributed by atoms with Gasteiger partial charge in [0, 0.05) is 38.4 Å². The van der Waals surface area contributed by atoms with Crippen molar-refractivity contribution in [2.24, 2.45) is 0 Å². The van der Waals surface area contributed by atoms with Gasteiger partial charge in [-0.1, -0.05) is 0 Å². The highest BCUT2D eigenvalue weighted by molar-refractivity contribution is 5.88. The van der Waals surface area contributed by atoms with Gasteiger partial charge in [0.05, 0.1) is 31.0 Å². The van der Waals surface area contributed by atoms with E-state index in [4.69, 9.17) is 9.15 Å². The lowest BCUT2D eigenvalue weighted by Crippen LogP contribution is -2.56. The zero-order valence-electron chi connectivity index (χ0n) is 12.5. The molecule has 2 aromatic heterocycles. The van der Waals surface area contributed by atoms with Crippen LogP contribution in [0.2, 0.25) is 0 Å². The molecule has 2 aliphatic heterocycles. The van der Waals surface area contributed by atoms with E-state index in [9.17, 15) is 5.11 Å². The number of anilines is 1. The second-order valence-corrected chi connectivity index (χ2v) is 5.98. The molecule has 0 saturated carbocycles. The highest BCUT2D eigenvalue weighted by Gasteiger charge is 2.33. The first-order valence-electron chi connectivity index (χ1n) is 7.90. The maximum atomic E-state index is 10.6. The maximum absolute atomic E-state index is 10.6. The van der Waals surface area contributed by atoms with Crippen molar-refractivity contribution in [1.29, 1.82) is 0 Å². The van der Waals surface area contributed by atoms with E-state index in [1.54, 1.807) is 12.5 Å². The third kappa shape index (κ3) is 2.47. The molecular formula is C16H21N3O3. The summed E-state index contributed by atoms with van der Waals surface area (Å²) in [5.41, 5.74) is 0.842. The molecule has 0 amide bonds. The molecule has 2 saturated heterocycles. The molecule has 2 aromatic rings. The van der Waals surface area contributed by atoms with Crippen LogP contribution in [-0.2, 0) is 4.74 Å². The van der Waals surface area contributed by atoms with E-state index in [1.165, 1.54) is 0 Å². The van der Waals surface area contributed by atoms with Crippen LogP contribution in [0.1, 0.15) is 6.42 Å². The Kier molecular flexibility index (Phi) is 3.73. The molecule has 0 spiro atoms. The summed E-state index contributed by atoms with van der Waals surface area (Å²) in [7, 11) is 0. The molecule has 0 aliphatic carbocycles. The first kappa shape index (κ1) is 14.0. The van der Waals surface area contributed by atoms with Gasteiger partial charge in [-0.05, 0) is 18.6 Å². The number of β-amino-alcohol motifs (C(OH)–C–C–N with tert-alkyl or cyclic N) is 1. The van der Waals surface area contributed by atoms with Gasteiger partial charge < -0.3 is 19.2 Å². The monoisotopic (exact) mass is 303 g/mol. The van der Waals surface area contributed by atoms with E-state index in [0.717, 1.165) is 56.1 Å². The Bertz CT molecular complexity index is 638. The molecule has 1 N–H and O–H groups in total. The number of morpholine rings is 1. The predicted octanol–water partition coefficient (Wildman–Crippen LogP) is 1.10. The summed E-state index contributed by atoms with van der Waals surface area (Å²) in [5, 5.41) is 11.6. The van der Waals surface area contributed by atoms with Crippen molar-refractivity contribution in [2.45, 2.75) is 18.6 Å². The van der Waals surface area contributed by atoms with Crippen LogP contribution >= 0.6 is 0 Å². The molecule has 2 aliphatic rings. The number of ether oxygens (including phenoxy) is 1. The van der Waals surface area contributed by atoms with E-state index in [-0.39, 0.29) is 12.1 Å². The summed E-state index contributed by atoms with van der Waals surface area (Å²) in [4.78, 5) is 9.02. The molecule has 0 unspecified atom stereocenters. The second kappa shape index (κ2) is 5.87. The minimum atomic E-state index is -0.365. The number of rotatable bonds is 2. The second-order valence-electron chi connectivity index (χ2n) is 5.98. The predicted molar refractivity (Wildman–Crippen MR) is 83.0 cm³/mol. The van der Waals surface area contributed by atoms with Crippen molar-refractivity contribution < 1.29 is 14.3 Å². The van der Waals surface area contributed by atoms with E-state index >= 15 is 0 Å². The number of hydrogen-bond acceptors (Lipinski definition) is 6. The van der Waals surface area contributed by atoms with Crippen molar-refractivity contribution in [3.05, 3.63) is 24.6 Å². The van der Waals surface area contributed by atoms with E-state index in [0.29, 0.717) is 6.54 Å². The minimum Gasteiger partial charge on any atom is -0.464 e. The average molecular weight is 303 g/mol. The number of piperidine rings is 1. The summed E-state index contributed by atoms with van der Waals surface area (Å²) >= 11 is 0. The van der Waals surface area contributed by atoms with Crippen LogP contribution in [0, 0.1) is 0 Å². The fourth-order valence-electron chi connectivity index (χ4n) is 3.58. The third-order valence-corrected chi connectivity index (χ3v) is 4.72. The van der Waals surface area contributed by atoms with Crippen LogP contribution in [0.25, 0.3) is 11.0 Å². The van der Waals surface area contributed by atoms with Crippen LogP contribution in [0.15, 0.2) is 29.0 Å². The van der Waals surface area contributed by atoms with E-state index in [1.807, 2.05) is 12.1 Å². The fraction of sp³-hybridized carbons (Fsp3) is 0.562. The van der Waals surface area contributed by atoms with Crippen LogP contribution in [0.4, 0.5) is 5.82 Å². The standard InChI is InChI=1S/C16H21N3O3/c20-14-11-19(5-2-13(14)18-6-9-21-10-7-18)16-12-3-8-22-15(12)1-4-17-16/h1,3-4,8,13-14,20H,2,5-7,9-11H2/t13-,14-/m1/s1. The first-order chi connectivity index (χ1) is 10.8. The quantitative estimate of drug-likeness (QED) is 0.896. The Balaban J connectivity index is 1.51. The van der Waals surface area contributed by atoms with Crippen LogP contribution < -0.4 is 4.90 Å². The summed E-state index contributed by atoms with van der Waals surface area (Å²) in [6.45, 7) is 4.87. The Hall–Kier alpha value is -1.63. The molecule has 2 atom stereocenters. The van der Waals surface area contributed by atoms with Crippen molar-refractivity contribution in [2.75, 3.05) is 44.3 Å². The summed E-state index contributed by atoms with van der Waals surface area (Å²) in [6.07, 6.45) is 4.03. The number of furan rings is 1. The molecular weight excluding hydrogens is 282 g/mol. The van der Waals surface area contributed by atoms with Crippen LogP contribution in [0.3, 0.4) is 0 Å². The number of pyridine rings is 1. The fourth-order valence-corrected chi connectivity index (χ4v) is 3.58. The molecule has 2 fully saturated rings. The molecule has 118 valence electrons. The Labute approximate surface area is 129 Å². The number of aliphatic hydroxyl groups is 1. The number of hydrogen-bond donors (Lipinski definition) is 1. The Morgan fingerprint density at radius 1 is 1.18 bits per heavy atom. The van der Waals surface area contributed by atoms with Crippen LogP contribution in [0.5, 0.6) is 0 Å². The van der Waals surface area contributed by atoms with Crippen molar-refractivity contribution >= 4 is 16.8 Å². The van der Waals surface area contributed by atoms with E-state index in [2.05, 4.69) is 14.8 Å².